The minimum atomic E-state index is 0. The Balaban J connectivity index is -0.000000131. The molecule has 0 fully saturated rings. The minimum absolute atomic E-state index is 0. The molecule has 0 bridgehead atoms. The SMILES string of the molecule is CC(C)(C)c1ccccn1.CC(C)(C)c1cccnc1.CC(C)(C)c1ccncc1.[CH2-]C(C)(C)C.[Y].[Y].[Y].[Y]. The van der Waals surface area contributed by atoms with E-state index in [0.717, 1.165) is 5.69 Å². The number of pyridine rings is 3. The third-order valence-corrected chi connectivity index (χ3v) is 4.51. The fraction of sp³-hybridized carbons (Fsp3) is 0.500. The van der Waals surface area contributed by atoms with Gasteiger partial charge in [0, 0.05) is 173 Å². The number of aromatic nitrogens is 3. The topological polar surface area (TPSA) is 38.7 Å². The molecule has 3 rings (SSSR count). The molecular formula is C32H50N3Y4-. The third-order valence-electron chi connectivity index (χ3n) is 4.51. The first kappa shape index (κ1) is 50.5. The summed E-state index contributed by atoms with van der Waals surface area (Å²) in [6, 6.07) is 14.2. The molecule has 3 aromatic heterocycles. The summed E-state index contributed by atoms with van der Waals surface area (Å²) in [4.78, 5) is 12.3. The van der Waals surface area contributed by atoms with Crippen LogP contribution in [0.25, 0.3) is 0 Å². The Labute approximate surface area is 342 Å². The molecule has 0 amide bonds. The van der Waals surface area contributed by atoms with Crippen LogP contribution in [0.3, 0.4) is 0 Å². The molecule has 0 aliphatic heterocycles. The van der Waals surface area contributed by atoms with Gasteiger partial charge in [0.1, 0.15) is 0 Å². The Morgan fingerprint density at radius 2 is 0.949 bits per heavy atom. The van der Waals surface area contributed by atoms with Gasteiger partial charge in [-0.2, -0.15) is 5.41 Å². The van der Waals surface area contributed by atoms with E-state index in [2.05, 4.69) is 129 Å². The van der Waals surface area contributed by atoms with Crippen molar-refractivity contribution in [2.75, 3.05) is 0 Å². The van der Waals surface area contributed by atoms with Crippen LogP contribution in [0.2, 0.25) is 0 Å². The van der Waals surface area contributed by atoms with Crippen molar-refractivity contribution in [1.29, 1.82) is 0 Å². The van der Waals surface area contributed by atoms with E-state index < -0.39 is 0 Å². The summed E-state index contributed by atoms with van der Waals surface area (Å²) >= 11 is 0. The Morgan fingerprint density at radius 1 is 0.487 bits per heavy atom. The third kappa shape index (κ3) is 29.7. The molecule has 0 saturated carbocycles. The van der Waals surface area contributed by atoms with Crippen molar-refractivity contribution < 1.29 is 131 Å². The molecule has 7 heteroatoms. The number of nitrogens with zero attached hydrogens (tertiary/aromatic N) is 3. The number of hydrogen-bond acceptors (Lipinski definition) is 3. The number of hydrogen-bond donors (Lipinski definition) is 0. The Bertz CT molecular complexity index is 801. The number of rotatable bonds is 0. The van der Waals surface area contributed by atoms with Crippen molar-refractivity contribution in [3.63, 3.8) is 0 Å². The molecule has 206 valence electrons. The summed E-state index contributed by atoms with van der Waals surface area (Å²) in [5.41, 5.74) is 4.69. The van der Waals surface area contributed by atoms with E-state index in [4.69, 9.17) is 0 Å². The van der Waals surface area contributed by atoms with Crippen LogP contribution in [-0.4, -0.2) is 15.0 Å². The quantitative estimate of drug-likeness (QED) is 0.213. The standard InChI is InChI=1S/3C9H13N.C5H11.4Y/c1-9(2,3)8-4-6-10-7-5-8;1-9(2,3)8-5-4-6-10-7-8;1-9(2,3)8-6-4-5-7-10-8;1-5(2,3)4;;;;/h3*4-7H,1-3H3;1H2,2-4H3;;;;/q;;;-1;;;;. The summed E-state index contributed by atoms with van der Waals surface area (Å²) in [6.07, 6.45) is 9.22. The van der Waals surface area contributed by atoms with E-state index in [0.29, 0.717) is 0 Å². The summed E-state index contributed by atoms with van der Waals surface area (Å²) in [7, 11) is 0. The molecule has 3 nitrogen and oxygen atoms in total. The molecule has 0 aliphatic carbocycles. The van der Waals surface area contributed by atoms with Crippen LogP contribution < -0.4 is 0 Å². The Hall–Kier alpha value is 1.87. The van der Waals surface area contributed by atoms with Crippen LogP contribution in [-0.2, 0) is 147 Å². The molecule has 0 aromatic carbocycles. The molecule has 0 saturated heterocycles. The second-order valence-corrected chi connectivity index (χ2v) is 13.0. The average molecular weight is 832 g/mol. The average Bonchev–Trinajstić information content (AvgIpc) is 2.74. The van der Waals surface area contributed by atoms with Crippen LogP contribution in [0.15, 0.2) is 73.4 Å². The van der Waals surface area contributed by atoms with E-state index in [1.807, 2.05) is 43.0 Å². The van der Waals surface area contributed by atoms with Gasteiger partial charge in [-0.1, -0.05) is 95.2 Å². The second-order valence-electron chi connectivity index (χ2n) is 13.0. The van der Waals surface area contributed by atoms with Crippen molar-refractivity contribution in [2.24, 2.45) is 5.41 Å². The zero-order valence-electron chi connectivity index (χ0n) is 26.8. The monoisotopic (exact) mass is 832 g/mol. The fourth-order valence-electron chi connectivity index (χ4n) is 2.46. The summed E-state index contributed by atoms with van der Waals surface area (Å²) in [6.45, 7) is 29.6. The van der Waals surface area contributed by atoms with Gasteiger partial charge in [-0.15, -0.1) is 0 Å². The van der Waals surface area contributed by atoms with Crippen LogP contribution in [0.1, 0.15) is 99.9 Å². The molecule has 0 unspecified atom stereocenters. The first-order chi connectivity index (χ1) is 15.8. The van der Waals surface area contributed by atoms with Gasteiger partial charge in [-0.25, -0.2) is 0 Å². The van der Waals surface area contributed by atoms with Crippen LogP contribution in [0.4, 0.5) is 0 Å². The second kappa shape index (κ2) is 24.2. The van der Waals surface area contributed by atoms with Gasteiger partial charge in [-0.05, 0) is 52.3 Å². The fourth-order valence-corrected chi connectivity index (χ4v) is 2.46. The van der Waals surface area contributed by atoms with Gasteiger partial charge in [0.25, 0.3) is 0 Å². The first-order valence-electron chi connectivity index (χ1n) is 12.4. The van der Waals surface area contributed by atoms with Gasteiger partial charge in [0.2, 0.25) is 0 Å². The molecule has 3 heterocycles. The molecule has 0 atom stereocenters. The Morgan fingerprint density at radius 3 is 1.18 bits per heavy atom. The molecule has 3 aromatic rings. The molecule has 0 spiro atoms. The van der Waals surface area contributed by atoms with Gasteiger partial charge in [-0.3, -0.25) is 15.0 Å². The molecule has 0 aliphatic rings. The maximum absolute atomic E-state index is 4.25. The van der Waals surface area contributed by atoms with E-state index in [-0.39, 0.29) is 152 Å². The molecule has 39 heavy (non-hydrogen) atoms. The van der Waals surface area contributed by atoms with Gasteiger partial charge >= 0.3 is 0 Å². The summed E-state index contributed by atoms with van der Waals surface area (Å²) in [5.74, 6) is 0. The van der Waals surface area contributed by atoms with Crippen molar-refractivity contribution in [1.82, 2.24) is 15.0 Å². The molecule has 4 radical (unpaired) electrons. The molecular weight excluding hydrogens is 782 g/mol. The maximum atomic E-state index is 4.25. The first-order valence-corrected chi connectivity index (χ1v) is 12.4. The predicted octanol–water partition coefficient (Wildman–Crippen LogP) is 8.99. The minimum Gasteiger partial charge on any atom is -0.338 e. The smallest absolute Gasteiger partial charge is 0.0457 e. The Kier molecular flexibility index (Phi) is 31.4. The van der Waals surface area contributed by atoms with Crippen LogP contribution in [0, 0.1) is 12.3 Å². The van der Waals surface area contributed by atoms with E-state index >= 15 is 0 Å². The maximum Gasteiger partial charge on any atom is 0.0457 e. The van der Waals surface area contributed by atoms with Crippen LogP contribution >= 0.6 is 0 Å². The summed E-state index contributed by atoms with van der Waals surface area (Å²) < 4.78 is 0. The zero-order valence-corrected chi connectivity index (χ0v) is 38.1. The summed E-state index contributed by atoms with van der Waals surface area (Å²) in [5, 5.41) is 0. The normalized spacial score (nSPS) is 10.4. The van der Waals surface area contributed by atoms with Gasteiger partial charge < -0.3 is 6.92 Å². The van der Waals surface area contributed by atoms with Gasteiger partial charge in [0.15, 0.2) is 0 Å². The van der Waals surface area contributed by atoms with Gasteiger partial charge in [0.05, 0.1) is 0 Å². The van der Waals surface area contributed by atoms with Crippen molar-refractivity contribution in [2.45, 2.75) is 99.3 Å². The molecule has 0 N–H and O–H groups in total. The predicted molar refractivity (Wildman–Crippen MR) is 154 cm³/mol. The van der Waals surface area contributed by atoms with Crippen LogP contribution in [0.5, 0.6) is 0 Å². The van der Waals surface area contributed by atoms with Crippen molar-refractivity contribution >= 4 is 0 Å². The van der Waals surface area contributed by atoms with Crippen molar-refractivity contribution in [3.05, 3.63) is 97.2 Å². The largest absolute Gasteiger partial charge is 0.338 e. The zero-order chi connectivity index (χ0) is 27.3. The van der Waals surface area contributed by atoms with E-state index in [1.54, 1.807) is 6.20 Å². The van der Waals surface area contributed by atoms with E-state index in [1.165, 1.54) is 11.1 Å². The van der Waals surface area contributed by atoms with Crippen molar-refractivity contribution in [3.8, 4) is 0 Å². The van der Waals surface area contributed by atoms with E-state index in [9.17, 15) is 0 Å².